The normalized spacial score (nSPS) is 11.7. The Labute approximate surface area is 148 Å². The minimum atomic E-state index is -0.778. The van der Waals surface area contributed by atoms with E-state index >= 15 is 0 Å². The molecule has 0 radical (unpaired) electrons. The molecule has 5 nitrogen and oxygen atoms in total. The third-order valence-electron chi connectivity index (χ3n) is 4.12. The van der Waals surface area contributed by atoms with E-state index in [-0.39, 0.29) is 12.3 Å². The molecule has 0 spiro atoms. The molecule has 134 valence electrons. The van der Waals surface area contributed by atoms with Crippen molar-refractivity contribution in [3.05, 3.63) is 54.1 Å². The van der Waals surface area contributed by atoms with Crippen LogP contribution in [0.25, 0.3) is 0 Å². The lowest BCUT2D eigenvalue weighted by molar-refractivity contribution is -0.119. The molecular formula is C20H25NO4. The molecule has 25 heavy (non-hydrogen) atoms. The van der Waals surface area contributed by atoms with E-state index in [2.05, 4.69) is 0 Å². The van der Waals surface area contributed by atoms with Gasteiger partial charge < -0.3 is 19.5 Å². The molecule has 0 bridgehead atoms. The first-order chi connectivity index (χ1) is 12.1. The molecule has 2 aromatic rings. The molecular weight excluding hydrogens is 318 g/mol. The number of anilines is 1. The fraction of sp³-hybridized carbons (Fsp3) is 0.350. The van der Waals surface area contributed by atoms with Crippen molar-refractivity contribution < 1.29 is 19.4 Å². The topological polar surface area (TPSA) is 59.0 Å². The first kappa shape index (κ1) is 18.8. The molecule has 0 aliphatic carbocycles. The molecule has 0 aliphatic heterocycles. The van der Waals surface area contributed by atoms with E-state index in [9.17, 15) is 9.90 Å². The molecule has 0 fully saturated rings. The summed E-state index contributed by atoms with van der Waals surface area (Å²) in [5.74, 6) is 1.19. The number of hydrogen-bond donors (Lipinski definition) is 1. The average molecular weight is 343 g/mol. The minimum absolute atomic E-state index is 0.0137. The van der Waals surface area contributed by atoms with Crippen LogP contribution in [0.15, 0.2) is 48.5 Å². The van der Waals surface area contributed by atoms with Crippen LogP contribution in [-0.4, -0.2) is 31.8 Å². The SMILES string of the molecule is CCN(C(=O)CCC(O)c1ccc(OC)cc1OC)c1ccccc1. The largest absolute Gasteiger partial charge is 0.497 e. The standard InChI is InChI=1S/C20H25NO4/c1-4-21(15-8-6-5-7-9-15)20(23)13-12-18(22)17-11-10-16(24-2)14-19(17)25-3/h5-11,14,18,22H,4,12-13H2,1-3H3. The fourth-order valence-corrected chi connectivity index (χ4v) is 2.76. The first-order valence-electron chi connectivity index (χ1n) is 8.36. The van der Waals surface area contributed by atoms with Crippen molar-refractivity contribution in [2.45, 2.75) is 25.9 Å². The number of aliphatic hydroxyl groups excluding tert-OH is 1. The van der Waals surface area contributed by atoms with Crippen LogP contribution in [0, 0.1) is 0 Å². The molecule has 1 atom stereocenters. The Kier molecular flexibility index (Phi) is 6.83. The Morgan fingerprint density at radius 3 is 2.44 bits per heavy atom. The number of aliphatic hydroxyl groups is 1. The van der Waals surface area contributed by atoms with E-state index in [1.54, 1.807) is 37.3 Å². The van der Waals surface area contributed by atoms with E-state index in [4.69, 9.17) is 9.47 Å². The Morgan fingerprint density at radius 2 is 1.84 bits per heavy atom. The monoisotopic (exact) mass is 343 g/mol. The van der Waals surface area contributed by atoms with Crippen LogP contribution >= 0.6 is 0 Å². The van der Waals surface area contributed by atoms with Crippen LogP contribution in [0.5, 0.6) is 11.5 Å². The number of nitrogens with zero attached hydrogens (tertiary/aromatic N) is 1. The molecule has 2 aromatic carbocycles. The summed E-state index contributed by atoms with van der Waals surface area (Å²) in [6.45, 7) is 2.53. The second-order valence-corrected chi connectivity index (χ2v) is 5.64. The van der Waals surface area contributed by atoms with Gasteiger partial charge in [0.15, 0.2) is 0 Å². The maximum absolute atomic E-state index is 12.5. The van der Waals surface area contributed by atoms with Crippen molar-refractivity contribution in [3.63, 3.8) is 0 Å². The lowest BCUT2D eigenvalue weighted by atomic mass is 10.0. The summed E-state index contributed by atoms with van der Waals surface area (Å²) in [5.41, 5.74) is 1.52. The van der Waals surface area contributed by atoms with Gasteiger partial charge in [0.25, 0.3) is 0 Å². The highest BCUT2D eigenvalue weighted by Crippen LogP contribution is 2.31. The maximum atomic E-state index is 12.5. The fourth-order valence-electron chi connectivity index (χ4n) is 2.76. The number of benzene rings is 2. The molecule has 2 rings (SSSR count). The number of rotatable bonds is 8. The van der Waals surface area contributed by atoms with E-state index in [1.165, 1.54) is 0 Å². The molecule has 0 aromatic heterocycles. The van der Waals surface area contributed by atoms with Gasteiger partial charge in [-0.1, -0.05) is 18.2 Å². The summed E-state index contributed by atoms with van der Waals surface area (Å²) in [6, 6.07) is 14.8. The van der Waals surface area contributed by atoms with Gasteiger partial charge in [0.05, 0.1) is 20.3 Å². The Hall–Kier alpha value is -2.53. The second-order valence-electron chi connectivity index (χ2n) is 5.64. The lowest BCUT2D eigenvalue weighted by Crippen LogP contribution is -2.30. The van der Waals surface area contributed by atoms with E-state index in [1.807, 2.05) is 37.3 Å². The van der Waals surface area contributed by atoms with Crippen molar-refractivity contribution in [3.8, 4) is 11.5 Å². The van der Waals surface area contributed by atoms with E-state index < -0.39 is 6.10 Å². The summed E-state index contributed by atoms with van der Waals surface area (Å²) in [5, 5.41) is 10.5. The summed E-state index contributed by atoms with van der Waals surface area (Å²) < 4.78 is 10.5. The number of amides is 1. The van der Waals surface area contributed by atoms with Gasteiger partial charge in [0, 0.05) is 30.3 Å². The smallest absolute Gasteiger partial charge is 0.227 e. The van der Waals surface area contributed by atoms with Gasteiger partial charge in [0.2, 0.25) is 5.91 Å². The number of para-hydroxylation sites is 1. The highest BCUT2D eigenvalue weighted by molar-refractivity contribution is 5.93. The molecule has 0 heterocycles. The van der Waals surface area contributed by atoms with Gasteiger partial charge in [-0.05, 0) is 37.6 Å². The Morgan fingerprint density at radius 1 is 1.12 bits per heavy atom. The van der Waals surface area contributed by atoms with Crippen molar-refractivity contribution in [1.29, 1.82) is 0 Å². The van der Waals surface area contributed by atoms with E-state index in [0.29, 0.717) is 30.0 Å². The van der Waals surface area contributed by atoms with Crippen molar-refractivity contribution >= 4 is 11.6 Å². The number of hydrogen-bond acceptors (Lipinski definition) is 4. The summed E-state index contributed by atoms with van der Waals surface area (Å²) >= 11 is 0. The van der Waals surface area contributed by atoms with Gasteiger partial charge in [-0.2, -0.15) is 0 Å². The van der Waals surface area contributed by atoms with Crippen molar-refractivity contribution in [1.82, 2.24) is 0 Å². The van der Waals surface area contributed by atoms with Gasteiger partial charge in [-0.3, -0.25) is 4.79 Å². The van der Waals surface area contributed by atoms with Gasteiger partial charge >= 0.3 is 0 Å². The Balaban J connectivity index is 2.04. The van der Waals surface area contributed by atoms with Crippen molar-refractivity contribution in [2.75, 3.05) is 25.7 Å². The van der Waals surface area contributed by atoms with Gasteiger partial charge in [-0.25, -0.2) is 0 Å². The predicted molar refractivity (Wildman–Crippen MR) is 98.2 cm³/mol. The molecule has 1 N–H and O–H groups in total. The summed E-state index contributed by atoms with van der Waals surface area (Å²) in [6.07, 6.45) is -0.205. The molecule has 1 unspecified atom stereocenters. The van der Waals surface area contributed by atoms with Crippen LogP contribution in [0.1, 0.15) is 31.4 Å². The molecule has 1 amide bonds. The minimum Gasteiger partial charge on any atom is -0.497 e. The number of carbonyl (C=O) groups excluding carboxylic acids is 1. The Bertz CT molecular complexity index is 687. The highest BCUT2D eigenvalue weighted by Gasteiger charge is 2.19. The number of ether oxygens (including phenoxy) is 2. The number of methoxy groups -OCH3 is 2. The summed E-state index contributed by atoms with van der Waals surface area (Å²) in [7, 11) is 3.12. The zero-order valence-corrected chi connectivity index (χ0v) is 14.9. The third-order valence-corrected chi connectivity index (χ3v) is 4.12. The van der Waals surface area contributed by atoms with Crippen LogP contribution in [0.4, 0.5) is 5.69 Å². The summed E-state index contributed by atoms with van der Waals surface area (Å²) in [4.78, 5) is 14.2. The zero-order chi connectivity index (χ0) is 18.2. The van der Waals surface area contributed by atoms with Crippen LogP contribution in [-0.2, 0) is 4.79 Å². The zero-order valence-electron chi connectivity index (χ0n) is 14.9. The number of carbonyl (C=O) groups is 1. The highest BCUT2D eigenvalue weighted by atomic mass is 16.5. The van der Waals surface area contributed by atoms with Gasteiger partial charge in [0.1, 0.15) is 11.5 Å². The van der Waals surface area contributed by atoms with Crippen LogP contribution < -0.4 is 14.4 Å². The van der Waals surface area contributed by atoms with Crippen LogP contribution in [0.2, 0.25) is 0 Å². The molecule has 5 heteroatoms. The quantitative estimate of drug-likeness (QED) is 0.796. The first-order valence-corrected chi connectivity index (χ1v) is 8.36. The predicted octanol–water partition coefficient (Wildman–Crippen LogP) is 3.57. The van der Waals surface area contributed by atoms with Gasteiger partial charge in [-0.15, -0.1) is 0 Å². The molecule has 0 saturated heterocycles. The third kappa shape index (κ3) is 4.73. The van der Waals surface area contributed by atoms with Crippen molar-refractivity contribution in [2.24, 2.45) is 0 Å². The lowest BCUT2D eigenvalue weighted by Gasteiger charge is -2.22. The molecule has 0 aliphatic rings. The second kappa shape index (κ2) is 9.08. The maximum Gasteiger partial charge on any atom is 0.227 e. The molecule has 0 saturated carbocycles. The van der Waals surface area contributed by atoms with E-state index in [0.717, 1.165) is 5.69 Å². The average Bonchev–Trinajstić information content (AvgIpc) is 2.67. The van der Waals surface area contributed by atoms with Crippen LogP contribution in [0.3, 0.4) is 0 Å².